The van der Waals surface area contributed by atoms with Crippen molar-refractivity contribution in [2.75, 3.05) is 13.2 Å². The first-order valence-corrected chi connectivity index (χ1v) is 9.74. The second-order valence-corrected chi connectivity index (χ2v) is 7.17. The van der Waals surface area contributed by atoms with Crippen molar-refractivity contribution in [2.45, 2.75) is 18.4 Å². The number of benzene rings is 1. The zero-order valence-corrected chi connectivity index (χ0v) is 15.2. The van der Waals surface area contributed by atoms with Crippen LogP contribution < -0.4 is 9.46 Å². The predicted octanol–water partition coefficient (Wildman–Crippen LogP) is 2.32. The van der Waals surface area contributed by atoms with Crippen LogP contribution in [0.4, 0.5) is 0 Å². The molecule has 0 bridgehead atoms. The summed E-state index contributed by atoms with van der Waals surface area (Å²) in [4.78, 5) is 8.72. The average molecular weight is 372 g/mol. The number of nitrogens with one attached hydrogen (secondary N) is 1. The van der Waals surface area contributed by atoms with Gasteiger partial charge in [0, 0.05) is 31.7 Å². The Labute approximate surface area is 152 Å². The highest BCUT2D eigenvalue weighted by Crippen LogP contribution is 2.23. The lowest BCUT2D eigenvalue weighted by Gasteiger charge is -2.12. The molecule has 2 aromatic heterocycles. The van der Waals surface area contributed by atoms with Gasteiger partial charge in [-0.15, -0.1) is 0 Å². The van der Waals surface area contributed by atoms with Gasteiger partial charge in [-0.3, -0.25) is 4.98 Å². The third kappa shape index (κ3) is 4.09. The molecule has 26 heavy (non-hydrogen) atoms. The van der Waals surface area contributed by atoms with Gasteiger partial charge in [0.1, 0.15) is 16.3 Å². The average Bonchev–Trinajstić information content (AvgIpc) is 3.11. The molecule has 0 unspecified atom stereocenters. The van der Waals surface area contributed by atoms with Gasteiger partial charge in [0.15, 0.2) is 5.82 Å². The van der Waals surface area contributed by atoms with Crippen molar-refractivity contribution in [3.8, 4) is 17.3 Å². The zero-order valence-electron chi connectivity index (χ0n) is 14.4. The highest BCUT2D eigenvalue weighted by Gasteiger charge is 2.19. The van der Waals surface area contributed by atoms with Crippen LogP contribution in [0.2, 0.25) is 0 Å². The Kier molecular flexibility index (Phi) is 5.65. The molecule has 0 saturated heterocycles. The number of pyridine rings is 1. The van der Waals surface area contributed by atoms with E-state index in [0.29, 0.717) is 24.7 Å². The molecular formula is C18H20N4O3S. The van der Waals surface area contributed by atoms with E-state index in [2.05, 4.69) is 14.7 Å². The fourth-order valence-corrected chi connectivity index (χ4v) is 3.71. The summed E-state index contributed by atoms with van der Waals surface area (Å²) < 4.78 is 35.1. The fraction of sp³-hybridized carbons (Fsp3) is 0.222. The van der Waals surface area contributed by atoms with E-state index in [1.807, 2.05) is 29.7 Å². The zero-order chi connectivity index (χ0) is 18.4. The quantitative estimate of drug-likeness (QED) is 0.656. The van der Waals surface area contributed by atoms with Crippen LogP contribution in [0, 0.1) is 0 Å². The SMILES string of the molecule is CCOc1ccccc1S(=O)(=O)NCCn1ccnc1-c1ccccn1. The topological polar surface area (TPSA) is 86.1 Å². The van der Waals surface area contributed by atoms with Gasteiger partial charge in [-0.1, -0.05) is 18.2 Å². The fourth-order valence-electron chi connectivity index (χ4n) is 2.54. The van der Waals surface area contributed by atoms with E-state index < -0.39 is 10.0 Å². The van der Waals surface area contributed by atoms with Crippen LogP contribution in [-0.4, -0.2) is 36.1 Å². The van der Waals surface area contributed by atoms with Gasteiger partial charge in [0.25, 0.3) is 0 Å². The summed E-state index contributed by atoms with van der Waals surface area (Å²) in [7, 11) is -3.67. The van der Waals surface area contributed by atoms with Crippen LogP contribution in [0.3, 0.4) is 0 Å². The van der Waals surface area contributed by atoms with E-state index in [1.165, 1.54) is 6.07 Å². The molecule has 0 aliphatic carbocycles. The van der Waals surface area contributed by atoms with Crippen LogP contribution >= 0.6 is 0 Å². The second kappa shape index (κ2) is 8.11. The molecule has 0 fully saturated rings. The van der Waals surface area contributed by atoms with Gasteiger partial charge in [-0.05, 0) is 31.2 Å². The number of imidazole rings is 1. The van der Waals surface area contributed by atoms with Gasteiger partial charge in [0.05, 0.1) is 6.61 Å². The number of rotatable bonds is 8. The van der Waals surface area contributed by atoms with E-state index in [-0.39, 0.29) is 11.4 Å². The largest absolute Gasteiger partial charge is 0.492 e. The summed E-state index contributed by atoms with van der Waals surface area (Å²) in [6.07, 6.45) is 5.16. The van der Waals surface area contributed by atoms with E-state index in [0.717, 1.165) is 5.69 Å². The number of sulfonamides is 1. The second-order valence-electron chi connectivity index (χ2n) is 5.44. The molecule has 0 saturated carbocycles. The van der Waals surface area contributed by atoms with Crippen LogP contribution in [0.5, 0.6) is 5.75 Å². The number of ether oxygens (including phenoxy) is 1. The summed E-state index contributed by atoms with van der Waals surface area (Å²) in [5.41, 5.74) is 0.738. The first kappa shape index (κ1) is 18.1. The highest BCUT2D eigenvalue weighted by atomic mass is 32.2. The van der Waals surface area contributed by atoms with Crippen molar-refractivity contribution < 1.29 is 13.2 Å². The van der Waals surface area contributed by atoms with Crippen LogP contribution in [0.25, 0.3) is 11.5 Å². The van der Waals surface area contributed by atoms with E-state index in [1.54, 1.807) is 36.8 Å². The lowest BCUT2D eigenvalue weighted by molar-refractivity contribution is 0.331. The maximum atomic E-state index is 12.6. The number of hydrogen-bond acceptors (Lipinski definition) is 5. The Morgan fingerprint density at radius 3 is 2.65 bits per heavy atom. The summed E-state index contributed by atoms with van der Waals surface area (Å²) in [6.45, 7) is 2.87. The summed E-state index contributed by atoms with van der Waals surface area (Å²) in [5, 5.41) is 0. The minimum absolute atomic E-state index is 0.137. The Morgan fingerprint density at radius 1 is 1.08 bits per heavy atom. The monoisotopic (exact) mass is 372 g/mol. The molecule has 7 nitrogen and oxygen atoms in total. The van der Waals surface area contributed by atoms with Gasteiger partial charge >= 0.3 is 0 Å². The molecule has 0 amide bonds. The van der Waals surface area contributed by atoms with Crippen molar-refractivity contribution in [3.63, 3.8) is 0 Å². The molecule has 0 atom stereocenters. The van der Waals surface area contributed by atoms with Crippen molar-refractivity contribution in [3.05, 3.63) is 61.1 Å². The van der Waals surface area contributed by atoms with Crippen molar-refractivity contribution in [2.24, 2.45) is 0 Å². The molecule has 136 valence electrons. The Hall–Kier alpha value is -2.71. The lowest BCUT2D eigenvalue weighted by atomic mass is 10.3. The molecule has 8 heteroatoms. The number of hydrogen-bond donors (Lipinski definition) is 1. The third-order valence-corrected chi connectivity index (χ3v) is 5.19. The lowest BCUT2D eigenvalue weighted by Crippen LogP contribution is -2.28. The first-order chi connectivity index (χ1) is 12.6. The first-order valence-electron chi connectivity index (χ1n) is 8.26. The van der Waals surface area contributed by atoms with Crippen molar-refractivity contribution in [1.29, 1.82) is 0 Å². The maximum absolute atomic E-state index is 12.6. The molecule has 2 heterocycles. The van der Waals surface area contributed by atoms with Crippen LogP contribution in [0.15, 0.2) is 66.0 Å². The standard InChI is InChI=1S/C18H20N4O3S/c1-2-25-16-8-3-4-9-17(16)26(23,24)21-12-14-22-13-11-20-18(22)15-7-5-6-10-19-15/h3-11,13,21H,2,12,14H2,1H3. The Bertz CT molecular complexity index is 955. The Balaban J connectivity index is 1.70. The Morgan fingerprint density at radius 2 is 1.88 bits per heavy atom. The van der Waals surface area contributed by atoms with Crippen LogP contribution in [0.1, 0.15) is 6.92 Å². The van der Waals surface area contributed by atoms with Gasteiger partial charge in [-0.25, -0.2) is 18.1 Å². The molecule has 3 rings (SSSR count). The molecule has 0 aliphatic rings. The minimum atomic E-state index is -3.67. The molecule has 0 spiro atoms. The molecule has 1 N–H and O–H groups in total. The van der Waals surface area contributed by atoms with Crippen molar-refractivity contribution in [1.82, 2.24) is 19.3 Å². The normalized spacial score (nSPS) is 11.4. The van der Waals surface area contributed by atoms with Crippen molar-refractivity contribution >= 4 is 10.0 Å². The molecule has 0 aliphatic heterocycles. The van der Waals surface area contributed by atoms with E-state index >= 15 is 0 Å². The third-order valence-electron chi connectivity index (χ3n) is 3.69. The summed E-state index contributed by atoms with van der Waals surface area (Å²) >= 11 is 0. The molecule has 1 aromatic carbocycles. The van der Waals surface area contributed by atoms with Gasteiger partial charge < -0.3 is 9.30 Å². The molecular weight excluding hydrogens is 352 g/mol. The van der Waals surface area contributed by atoms with Gasteiger partial charge in [-0.2, -0.15) is 0 Å². The van der Waals surface area contributed by atoms with Gasteiger partial charge in [0.2, 0.25) is 10.0 Å². The summed E-state index contributed by atoms with van der Waals surface area (Å²) in [6, 6.07) is 12.2. The molecule has 3 aromatic rings. The minimum Gasteiger partial charge on any atom is -0.492 e. The molecule has 0 radical (unpaired) electrons. The number of nitrogens with zero attached hydrogens (tertiary/aromatic N) is 3. The summed E-state index contributed by atoms with van der Waals surface area (Å²) in [5.74, 6) is 1.04. The predicted molar refractivity (Wildman–Crippen MR) is 98.3 cm³/mol. The number of aromatic nitrogens is 3. The highest BCUT2D eigenvalue weighted by molar-refractivity contribution is 7.89. The number of para-hydroxylation sites is 1. The van der Waals surface area contributed by atoms with Crippen LogP contribution in [-0.2, 0) is 16.6 Å². The van der Waals surface area contributed by atoms with E-state index in [4.69, 9.17) is 4.74 Å². The smallest absolute Gasteiger partial charge is 0.244 e. The maximum Gasteiger partial charge on any atom is 0.244 e. The van der Waals surface area contributed by atoms with E-state index in [9.17, 15) is 8.42 Å².